The lowest BCUT2D eigenvalue weighted by atomic mass is 9.63. The van der Waals surface area contributed by atoms with E-state index in [1.807, 2.05) is 6.07 Å². The second kappa shape index (κ2) is 11.1. The van der Waals surface area contributed by atoms with E-state index < -0.39 is 11.7 Å². The molecule has 0 radical (unpaired) electrons. The molecule has 36 heavy (non-hydrogen) atoms. The summed E-state index contributed by atoms with van der Waals surface area (Å²) in [6.45, 7) is 2.09. The molecule has 0 amide bonds. The number of ketones is 1. The van der Waals surface area contributed by atoms with Gasteiger partial charge in [0.15, 0.2) is 5.78 Å². The summed E-state index contributed by atoms with van der Waals surface area (Å²) >= 11 is 1.11. The van der Waals surface area contributed by atoms with Crippen molar-refractivity contribution in [3.63, 3.8) is 0 Å². The van der Waals surface area contributed by atoms with E-state index in [4.69, 9.17) is 4.74 Å². The van der Waals surface area contributed by atoms with Gasteiger partial charge in [0.2, 0.25) is 0 Å². The van der Waals surface area contributed by atoms with Gasteiger partial charge in [-0.2, -0.15) is 13.2 Å². The molecule has 1 heterocycles. The van der Waals surface area contributed by atoms with Crippen molar-refractivity contribution >= 4 is 17.5 Å². The Bertz CT molecular complexity index is 1050. The standard InChI is InChI=1S/C28H33F4NO2S/c1-35-24-17-20(28(30,31)32)18-25(36-2)26(24)23(34)11-6-10-22(19-8-5-9-21(29)16-19)27(12-7-13-27)33-14-3-4-15-33/h5,8-9,16-18,22H,3-4,6-7,10-15H2,1-2H3. The van der Waals surface area contributed by atoms with E-state index in [0.717, 1.165) is 61.8 Å². The van der Waals surface area contributed by atoms with Gasteiger partial charge in [-0.1, -0.05) is 12.1 Å². The van der Waals surface area contributed by atoms with Gasteiger partial charge >= 0.3 is 6.18 Å². The molecule has 2 fully saturated rings. The summed E-state index contributed by atoms with van der Waals surface area (Å²) in [6, 6.07) is 8.72. The summed E-state index contributed by atoms with van der Waals surface area (Å²) in [5, 5.41) is 0. The second-order valence-electron chi connectivity index (χ2n) is 9.83. The van der Waals surface area contributed by atoms with Gasteiger partial charge in [-0.05, 0) is 94.1 Å². The minimum absolute atomic E-state index is 0.0101. The van der Waals surface area contributed by atoms with Crippen molar-refractivity contribution in [3.05, 3.63) is 58.9 Å². The summed E-state index contributed by atoms with van der Waals surface area (Å²) in [5.41, 5.74) is 0.331. The molecule has 1 unspecified atom stereocenters. The first kappa shape index (κ1) is 27.0. The zero-order valence-corrected chi connectivity index (χ0v) is 21.6. The van der Waals surface area contributed by atoms with Gasteiger partial charge < -0.3 is 4.74 Å². The monoisotopic (exact) mass is 523 g/mol. The molecular formula is C28H33F4NO2S. The number of hydrogen-bond donors (Lipinski definition) is 0. The lowest BCUT2D eigenvalue weighted by molar-refractivity contribution is -0.137. The first-order chi connectivity index (χ1) is 17.2. The maximum absolute atomic E-state index is 14.2. The number of alkyl halides is 3. The van der Waals surface area contributed by atoms with Crippen LogP contribution in [0.3, 0.4) is 0 Å². The molecule has 0 N–H and O–H groups in total. The molecular weight excluding hydrogens is 490 g/mol. The van der Waals surface area contributed by atoms with E-state index in [0.29, 0.717) is 12.8 Å². The van der Waals surface area contributed by atoms with Crippen molar-refractivity contribution < 1.29 is 27.1 Å². The van der Waals surface area contributed by atoms with Crippen LogP contribution in [-0.2, 0) is 6.18 Å². The van der Waals surface area contributed by atoms with Gasteiger partial charge in [-0.25, -0.2) is 4.39 Å². The molecule has 0 aromatic heterocycles. The van der Waals surface area contributed by atoms with Crippen LogP contribution in [-0.4, -0.2) is 42.7 Å². The van der Waals surface area contributed by atoms with Crippen molar-refractivity contribution in [2.24, 2.45) is 0 Å². The van der Waals surface area contributed by atoms with Crippen LogP contribution < -0.4 is 4.74 Å². The third-order valence-corrected chi connectivity index (χ3v) is 8.63. The Morgan fingerprint density at radius 1 is 1.14 bits per heavy atom. The number of rotatable bonds is 10. The van der Waals surface area contributed by atoms with E-state index in [2.05, 4.69) is 4.90 Å². The highest BCUT2D eigenvalue weighted by molar-refractivity contribution is 7.98. The summed E-state index contributed by atoms with van der Waals surface area (Å²) in [5.74, 6) is -0.439. The molecule has 2 aliphatic rings. The van der Waals surface area contributed by atoms with Gasteiger partial charge in [-0.15, -0.1) is 11.8 Å². The molecule has 1 aliphatic carbocycles. The molecule has 1 aliphatic heterocycles. The van der Waals surface area contributed by atoms with Gasteiger partial charge in [-0.3, -0.25) is 9.69 Å². The number of hydrogen-bond acceptors (Lipinski definition) is 4. The lowest BCUT2D eigenvalue weighted by Crippen LogP contribution is -2.56. The number of benzene rings is 2. The number of carbonyl (C=O) groups is 1. The van der Waals surface area contributed by atoms with Crippen molar-refractivity contribution in [3.8, 4) is 5.75 Å². The quantitative estimate of drug-likeness (QED) is 0.181. The molecule has 1 atom stereocenters. The fourth-order valence-corrected chi connectivity index (χ4v) is 6.66. The van der Waals surface area contributed by atoms with E-state index in [1.165, 1.54) is 26.0 Å². The van der Waals surface area contributed by atoms with Gasteiger partial charge in [0.05, 0.1) is 18.2 Å². The van der Waals surface area contributed by atoms with Crippen molar-refractivity contribution in [2.75, 3.05) is 26.5 Å². The zero-order valence-electron chi connectivity index (χ0n) is 20.8. The van der Waals surface area contributed by atoms with Crippen LogP contribution in [0.25, 0.3) is 0 Å². The number of nitrogens with zero attached hydrogens (tertiary/aromatic N) is 1. The highest BCUT2D eigenvalue weighted by atomic mass is 32.2. The maximum atomic E-state index is 14.2. The predicted octanol–water partition coefficient (Wildman–Crippen LogP) is 7.73. The molecule has 196 valence electrons. The first-order valence-electron chi connectivity index (χ1n) is 12.6. The number of methoxy groups -OCH3 is 1. The van der Waals surface area contributed by atoms with Gasteiger partial charge in [0, 0.05) is 22.8 Å². The Balaban J connectivity index is 1.56. The summed E-state index contributed by atoms with van der Waals surface area (Å²) < 4.78 is 59.4. The number of ether oxygens (including phenoxy) is 1. The van der Waals surface area contributed by atoms with Crippen molar-refractivity contribution in [1.29, 1.82) is 0 Å². The van der Waals surface area contributed by atoms with Crippen LogP contribution in [0, 0.1) is 5.82 Å². The Labute approximate surface area is 214 Å². The third kappa shape index (κ3) is 5.44. The largest absolute Gasteiger partial charge is 0.496 e. The highest BCUT2D eigenvalue weighted by Crippen LogP contribution is 2.51. The Morgan fingerprint density at radius 3 is 2.42 bits per heavy atom. The number of carbonyl (C=O) groups excluding carboxylic acids is 1. The molecule has 1 saturated carbocycles. The number of thioether (sulfide) groups is 1. The fourth-order valence-electron chi connectivity index (χ4n) is 6.00. The van der Waals surface area contributed by atoms with Gasteiger partial charge in [0.25, 0.3) is 0 Å². The van der Waals surface area contributed by atoms with Crippen LogP contribution in [0.2, 0.25) is 0 Å². The normalized spacial score (nSPS) is 18.6. The van der Waals surface area contributed by atoms with Crippen molar-refractivity contribution in [2.45, 2.75) is 73.9 Å². The Kier molecular flexibility index (Phi) is 8.35. The van der Waals surface area contributed by atoms with Crippen LogP contribution in [0.15, 0.2) is 41.3 Å². The topological polar surface area (TPSA) is 29.5 Å². The van der Waals surface area contributed by atoms with Crippen LogP contribution in [0.4, 0.5) is 17.6 Å². The van der Waals surface area contributed by atoms with E-state index >= 15 is 0 Å². The molecule has 2 aromatic carbocycles. The van der Waals surface area contributed by atoms with Crippen molar-refractivity contribution in [1.82, 2.24) is 4.90 Å². The summed E-state index contributed by atoms with van der Waals surface area (Å²) in [6.07, 6.45) is 4.20. The molecule has 1 saturated heterocycles. The lowest BCUT2D eigenvalue weighted by Gasteiger charge is -2.54. The Hall–Kier alpha value is -2.06. The van der Waals surface area contributed by atoms with E-state index in [-0.39, 0.29) is 45.7 Å². The Morgan fingerprint density at radius 2 is 1.86 bits per heavy atom. The summed E-state index contributed by atoms with van der Waals surface area (Å²) in [7, 11) is 1.28. The molecule has 3 nitrogen and oxygen atoms in total. The van der Waals surface area contributed by atoms with Crippen LogP contribution in [0.5, 0.6) is 5.75 Å². The fraction of sp³-hybridized carbons (Fsp3) is 0.536. The predicted molar refractivity (Wildman–Crippen MR) is 134 cm³/mol. The maximum Gasteiger partial charge on any atom is 0.416 e. The molecule has 0 spiro atoms. The van der Waals surface area contributed by atoms with E-state index in [9.17, 15) is 22.4 Å². The summed E-state index contributed by atoms with van der Waals surface area (Å²) in [4.78, 5) is 16.1. The smallest absolute Gasteiger partial charge is 0.416 e. The van der Waals surface area contributed by atoms with Crippen LogP contribution in [0.1, 0.15) is 78.8 Å². The number of Topliss-reactive ketones (excluding diaryl/α,β-unsaturated/α-hetero) is 1. The average molecular weight is 524 g/mol. The first-order valence-corrected chi connectivity index (χ1v) is 13.8. The molecule has 8 heteroatoms. The highest BCUT2D eigenvalue weighted by Gasteiger charge is 2.49. The minimum Gasteiger partial charge on any atom is -0.496 e. The molecule has 2 aromatic rings. The van der Waals surface area contributed by atoms with Gasteiger partial charge in [0.1, 0.15) is 11.6 Å². The zero-order chi connectivity index (χ0) is 25.9. The molecule has 4 rings (SSSR count). The number of halogens is 4. The SMILES string of the molecule is COc1cc(C(F)(F)F)cc(SC)c1C(=O)CCCC(c1cccc(F)c1)C1(N2CCCC2)CCC1. The second-order valence-corrected chi connectivity index (χ2v) is 10.7. The minimum atomic E-state index is -4.52. The number of likely N-dealkylation sites (tertiary alicyclic amines) is 1. The third-order valence-electron chi connectivity index (χ3n) is 7.86. The van der Waals surface area contributed by atoms with E-state index in [1.54, 1.807) is 18.4 Å². The average Bonchev–Trinajstić information content (AvgIpc) is 3.35. The molecule has 0 bridgehead atoms. The van der Waals surface area contributed by atoms with Crippen LogP contribution >= 0.6 is 11.8 Å².